The molecule has 18 heavy (non-hydrogen) atoms. The number of rotatable bonds is 4. The van der Waals surface area contributed by atoms with Crippen LogP contribution in [0, 0.1) is 0 Å². The van der Waals surface area contributed by atoms with Gasteiger partial charge in [0.1, 0.15) is 0 Å². The lowest BCUT2D eigenvalue weighted by molar-refractivity contribution is -0.132. The maximum atomic E-state index is 12.1. The van der Waals surface area contributed by atoms with E-state index < -0.39 is 0 Å². The van der Waals surface area contributed by atoms with Crippen molar-refractivity contribution in [2.45, 2.75) is 31.7 Å². The Labute approximate surface area is 116 Å². The molecule has 1 atom stereocenters. The van der Waals surface area contributed by atoms with Crippen molar-refractivity contribution in [2.24, 2.45) is 0 Å². The van der Waals surface area contributed by atoms with Crippen LogP contribution in [0.15, 0.2) is 28.7 Å². The first kappa shape index (κ1) is 13.6. The van der Waals surface area contributed by atoms with Crippen LogP contribution in [0.4, 0.5) is 0 Å². The third-order valence-corrected chi connectivity index (χ3v) is 3.85. The molecule has 1 saturated heterocycles. The zero-order valence-corrected chi connectivity index (χ0v) is 11.9. The van der Waals surface area contributed by atoms with Crippen molar-refractivity contribution in [3.8, 4) is 0 Å². The quantitative estimate of drug-likeness (QED) is 0.929. The normalized spacial score (nSPS) is 19.2. The number of aliphatic hydroxyl groups is 1. The second-order valence-corrected chi connectivity index (χ2v) is 5.54. The highest BCUT2D eigenvalue weighted by atomic mass is 79.9. The fourth-order valence-corrected chi connectivity index (χ4v) is 2.92. The minimum Gasteiger partial charge on any atom is -0.396 e. The Morgan fingerprint density at radius 2 is 2.33 bits per heavy atom. The molecule has 1 heterocycles. The Hall–Kier alpha value is -0.870. The largest absolute Gasteiger partial charge is 0.396 e. The summed E-state index contributed by atoms with van der Waals surface area (Å²) in [6, 6.07) is 8.37. The van der Waals surface area contributed by atoms with E-state index in [1.807, 2.05) is 17.0 Å². The van der Waals surface area contributed by atoms with Crippen LogP contribution in [0.3, 0.4) is 0 Å². The van der Waals surface area contributed by atoms with Crippen LogP contribution >= 0.6 is 15.9 Å². The van der Waals surface area contributed by atoms with E-state index >= 15 is 0 Å². The summed E-state index contributed by atoms with van der Waals surface area (Å²) in [7, 11) is 0. The molecule has 1 N–H and O–H groups in total. The van der Waals surface area contributed by atoms with Crippen molar-refractivity contribution in [2.75, 3.05) is 13.2 Å². The van der Waals surface area contributed by atoms with E-state index in [1.54, 1.807) is 0 Å². The summed E-state index contributed by atoms with van der Waals surface area (Å²) in [4.78, 5) is 14.0. The van der Waals surface area contributed by atoms with E-state index in [1.165, 1.54) is 5.56 Å². The molecule has 1 aromatic rings. The molecule has 0 spiro atoms. The predicted molar refractivity (Wildman–Crippen MR) is 74.1 cm³/mol. The van der Waals surface area contributed by atoms with Gasteiger partial charge in [0, 0.05) is 24.0 Å². The lowest BCUT2D eigenvalue weighted by atomic mass is 10.0. The molecular formula is C14H18BrNO2. The number of amides is 1. The van der Waals surface area contributed by atoms with E-state index in [9.17, 15) is 4.79 Å². The first-order chi connectivity index (χ1) is 8.72. The van der Waals surface area contributed by atoms with Gasteiger partial charge in [0.25, 0.3) is 0 Å². The van der Waals surface area contributed by atoms with Crippen LogP contribution < -0.4 is 0 Å². The van der Waals surface area contributed by atoms with Gasteiger partial charge in [-0.25, -0.2) is 0 Å². The maximum absolute atomic E-state index is 12.1. The Morgan fingerprint density at radius 3 is 3.06 bits per heavy atom. The molecule has 0 radical (unpaired) electrons. The number of likely N-dealkylation sites (tertiary alicyclic amines) is 1. The molecule has 0 bridgehead atoms. The first-order valence-electron chi connectivity index (χ1n) is 6.38. The number of halogens is 1. The zero-order chi connectivity index (χ0) is 13.0. The lowest BCUT2D eigenvalue weighted by Gasteiger charge is -2.25. The molecule has 1 amide bonds. The molecule has 1 aliphatic rings. The van der Waals surface area contributed by atoms with Crippen LogP contribution in [-0.4, -0.2) is 29.1 Å². The minimum absolute atomic E-state index is 0.0845. The fourth-order valence-electron chi connectivity index (χ4n) is 2.50. The Bertz CT molecular complexity index is 422. The van der Waals surface area contributed by atoms with E-state index in [0.717, 1.165) is 23.9 Å². The molecule has 1 aromatic carbocycles. The molecule has 0 saturated carbocycles. The summed E-state index contributed by atoms with van der Waals surface area (Å²) in [6.45, 7) is 0.919. The first-order valence-corrected chi connectivity index (χ1v) is 7.17. The van der Waals surface area contributed by atoms with Gasteiger partial charge in [-0.1, -0.05) is 28.1 Å². The molecule has 1 fully saturated rings. The van der Waals surface area contributed by atoms with Crippen molar-refractivity contribution in [3.05, 3.63) is 34.3 Å². The smallest absolute Gasteiger partial charge is 0.223 e. The van der Waals surface area contributed by atoms with Gasteiger partial charge in [0.2, 0.25) is 5.91 Å². The van der Waals surface area contributed by atoms with Gasteiger partial charge < -0.3 is 10.0 Å². The summed E-state index contributed by atoms with van der Waals surface area (Å²) >= 11 is 3.47. The molecule has 0 aromatic heterocycles. The molecule has 98 valence electrons. The minimum atomic E-state index is 0.0845. The average molecular weight is 312 g/mol. The van der Waals surface area contributed by atoms with Gasteiger partial charge >= 0.3 is 0 Å². The second kappa shape index (κ2) is 6.34. The average Bonchev–Trinajstić information content (AvgIpc) is 2.85. The van der Waals surface area contributed by atoms with Crippen LogP contribution in [0.1, 0.15) is 37.3 Å². The number of carbonyl (C=O) groups is 1. The second-order valence-electron chi connectivity index (χ2n) is 4.63. The van der Waals surface area contributed by atoms with E-state index in [0.29, 0.717) is 12.8 Å². The number of carbonyl (C=O) groups excluding carboxylic acids is 1. The van der Waals surface area contributed by atoms with Crippen LogP contribution in [0.5, 0.6) is 0 Å². The van der Waals surface area contributed by atoms with Crippen molar-refractivity contribution in [1.82, 2.24) is 4.90 Å². The Morgan fingerprint density at radius 1 is 1.50 bits per heavy atom. The third kappa shape index (κ3) is 3.12. The van der Waals surface area contributed by atoms with Gasteiger partial charge in [-0.05, 0) is 37.0 Å². The van der Waals surface area contributed by atoms with E-state index in [4.69, 9.17) is 5.11 Å². The number of hydrogen-bond donors (Lipinski definition) is 1. The van der Waals surface area contributed by atoms with Gasteiger partial charge in [0.15, 0.2) is 0 Å². The van der Waals surface area contributed by atoms with Crippen molar-refractivity contribution in [3.63, 3.8) is 0 Å². The highest BCUT2D eigenvalue weighted by Crippen LogP contribution is 2.33. The number of nitrogens with zero attached hydrogens (tertiary/aromatic N) is 1. The van der Waals surface area contributed by atoms with Crippen LogP contribution in [0.2, 0.25) is 0 Å². The number of benzene rings is 1. The zero-order valence-electron chi connectivity index (χ0n) is 10.3. The van der Waals surface area contributed by atoms with Crippen molar-refractivity contribution in [1.29, 1.82) is 0 Å². The molecular weight excluding hydrogens is 294 g/mol. The van der Waals surface area contributed by atoms with Gasteiger partial charge in [-0.2, -0.15) is 0 Å². The van der Waals surface area contributed by atoms with Crippen LogP contribution in [0.25, 0.3) is 0 Å². The molecule has 1 aliphatic heterocycles. The molecule has 2 rings (SSSR count). The molecule has 4 heteroatoms. The maximum Gasteiger partial charge on any atom is 0.223 e. The molecule has 1 unspecified atom stereocenters. The lowest BCUT2D eigenvalue weighted by Crippen LogP contribution is -2.30. The molecule has 0 aliphatic carbocycles. The molecule has 3 nitrogen and oxygen atoms in total. The van der Waals surface area contributed by atoms with Gasteiger partial charge in [-0.15, -0.1) is 0 Å². The van der Waals surface area contributed by atoms with Crippen molar-refractivity contribution < 1.29 is 9.90 Å². The van der Waals surface area contributed by atoms with E-state index in [2.05, 4.69) is 28.1 Å². The van der Waals surface area contributed by atoms with Gasteiger partial charge in [0.05, 0.1) is 6.04 Å². The highest BCUT2D eigenvalue weighted by Gasteiger charge is 2.29. The van der Waals surface area contributed by atoms with Crippen molar-refractivity contribution >= 4 is 21.8 Å². The predicted octanol–water partition coefficient (Wildman–Crippen LogP) is 2.89. The third-order valence-electron chi connectivity index (χ3n) is 3.36. The number of aliphatic hydroxyl groups excluding tert-OH is 1. The Balaban J connectivity index is 2.10. The standard InChI is InChI=1S/C14H18BrNO2/c15-12-5-1-4-11(10-12)13-6-2-8-16(13)14(18)7-3-9-17/h1,4-5,10,13,17H,2-3,6-9H2. The number of hydrogen-bond acceptors (Lipinski definition) is 2. The Kier molecular flexibility index (Phi) is 4.78. The topological polar surface area (TPSA) is 40.5 Å². The summed E-state index contributed by atoms with van der Waals surface area (Å²) in [5.41, 5.74) is 1.19. The summed E-state index contributed by atoms with van der Waals surface area (Å²) in [5, 5.41) is 8.80. The summed E-state index contributed by atoms with van der Waals surface area (Å²) in [6.07, 6.45) is 3.09. The summed E-state index contributed by atoms with van der Waals surface area (Å²) in [5.74, 6) is 0.159. The van der Waals surface area contributed by atoms with E-state index in [-0.39, 0.29) is 18.6 Å². The van der Waals surface area contributed by atoms with Crippen LogP contribution in [-0.2, 0) is 4.79 Å². The fraction of sp³-hybridized carbons (Fsp3) is 0.500. The summed E-state index contributed by atoms with van der Waals surface area (Å²) < 4.78 is 1.05. The van der Waals surface area contributed by atoms with Gasteiger partial charge in [-0.3, -0.25) is 4.79 Å². The SMILES string of the molecule is O=C(CCCO)N1CCCC1c1cccc(Br)c1. The monoisotopic (exact) mass is 311 g/mol. The highest BCUT2D eigenvalue weighted by molar-refractivity contribution is 9.10.